The SMILES string of the molecule is CC1(C)C(/C=c2\c3cccc4cccc(c43)n2B(F)F)=Nc2ccccc21. The summed E-state index contributed by atoms with van der Waals surface area (Å²) in [5.74, 6) is 0. The fourth-order valence-corrected chi connectivity index (χ4v) is 4.20. The Morgan fingerprint density at radius 2 is 1.70 bits per heavy atom. The van der Waals surface area contributed by atoms with Crippen molar-refractivity contribution in [3.05, 3.63) is 71.6 Å². The molecule has 2 heterocycles. The zero-order valence-corrected chi connectivity index (χ0v) is 15.1. The number of nitrogens with zero attached hydrogens (tertiary/aromatic N) is 2. The lowest BCUT2D eigenvalue weighted by Gasteiger charge is -2.20. The molecule has 0 unspecified atom stereocenters. The molecule has 2 nitrogen and oxygen atoms in total. The zero-order valence-electron chi connectivity index (χ0n) is 15.1. The van der Waals surface area contributed by atoms with Gasteiger partial charge >= 0.3 is 7.40 Å². The molecule has 0 saturated carbocycles. The minimum atomic E-state index is -2.62. The average molecular weight is 358 g/mol. The van der Waals surface area contributed by atoms with Gasteiger partial charge in [-0.15, -0.1) is 0 Å². The molecule has 1 aliphatic rings. The largest absolute Gasteiger partial charge is 0.678 e. The van der Waals surface area contributed by atoms with Crippen LogP contribution in [0.1, 0.15) is 19.4 Å². The number of para-hydroxylation sites is 1. The van der Waals surface area contributed by atoms with E-state index in [-0.39, 0.29) is 5.41 Å². The highest BCUT2D eigenvalue weighted by atomic mass is 19.2. The molecule has 0 saturated heterocycles. The fourth-order valence-electron chi connectivity index (χ4n) is 4.20. The molecular formula is C22H17BF2N2. The Bertz CT molecular complexity index is 1280. The van der Waals surface area contributed by atoms with Gasteiger partial charge < -0.3 is 4.48 Å². The van der Waals surface area contributed by atoms with Crippen LogP contribution >= 0.6 is 0 Å². The van der Waals surface area contributed by atoms with Crippen molar-refractivity contribution >= 4 is 46.6 Å². The monoisotopic (exact) mass is 358 g/mol. The molecule has 3 aromatic carbocycles. The third kappa shape index (κ3) is 2.21. The Morgan fingerprint density at radius 1 is 0.963 bits per heavy atom. The van der Waals surface area contributed by atoms with Crippen molar-refractivity contribution < 1.29 is 8.63 Å². The molecule has 0 spiro atoms. The van der Waals surface area contributed by atoms with Crippen LogP contribution in [0.4, 0.5) is 14.3 Å². The summed E-state index contributed by atoms with van der Waals surface area (Å²) >= 11 is 0. The number of hydrogen-bond donors (Lipinski definition) is 0. The standard InChI is InChI=1S/C22H17BF2N2/c1-22(2)16-10-3-4-11-17(16)26-20(22)13-19-15-9-5-7-14-8-6-12-18(21(14)15)27(19)23(24)25/h3-13H,1-2H3/b19-13+. The van der Waals surface area contributed by atoms with Crippen LogP contribution in [0.2, 0.25) is 0 Å². The Hall–Kier alpha value is -2.95. The number of rotatable bonds is 2. The summed E-state index contributed by atoms with van der Waals surface area (Å²) in [6.45, 7) is 4.17. The lowest BCUT2D eigenvalue weighted by molar-refractivity contribution is 0.631. The van der Waals surface area contributed by atoms with Gasteiger partial charge in [-0.3, -0.25) is 13.6 Å². The van der Waals surface area contributed by atoms with E-state index >= 15 is 0 Å². The van der Waals surface area contributed by atoms with Gasteiger partial charge in [0.2, 0.25) is 0 Å². The maximum atomic E-state index is 14.1. The van der Waals surface area contributed by atoms with E-state index in [1.54, 1.807) is 6.07 Å². The number of aliphatic imine (C=N–C) groups is 1. The molecule has 1 aliphatic heterocycles. The normalized spacial score (nSPS) is 16.1. The van der Waals surface area contributed by atoms with E-state index < -0.39 is 7.40 Å². The van der Waals surface area contributed by atoms with Gasteiger partial charge in [0.15, 0.2) is 0 Å². The highest BCUT2D eigenvalue weighted by molar-refractivity contribution is 6.43. The molecule has 4 aromatic rings. The van der Waals surface area contributed by atoms with Gasteiger partial charge in [-0.25, -0.2) is 0 Å². The molecule has 0 atom stereocenters. The summed E-state index contributed by atoms with van der Waals surface area (Å²) in [6.07, 6.45) is 1.83. The number of hydrogen-bond acceptors (Lipinski definition) is 1. The van der Waals surface area contributed by atoms with Gasteiger partial charge in [-0.05, 0) is 29.2 Å². The summed E-state index contributed by atoms with van der Waals surface area (Å²) in [4.78, 5) is 4.76. The zero-order chi connectivity index (χ0) is 18.8. The van der Waals surface area contributed by atoms with Gasteiger partial charge in [-0.2, -0.15) is 0 Å². The van der Waals surface area contributed by atoms with Crippen molar-refractivity contribution in [1.82, 2.24) is 4.48 Å². The Kier molecular flexibility index (Phi) is 3.32. The number of benzene rings is 3. The summed E-state index contributed by atoms with van der Waals surface area (Å²) in [5.41, 5.74) is 3.05. The molecule has 0 radical (unpaired) electrons. The van der Waals surface area contributed by atoms with Gasteiger partial charge in [0, 0.05) is 27.1 Å². The van der Waals surface area contributed by atoms with Crippen LogP contribution in [-0.2, 0) is 5.41 Å². The first-order chi connectivity index (χ1) is 13.0. The fraction of sp³-hybridized carbons (Fsp3) is 0.136. The van der Waals surface area contributed by atoms with Gasteiger partial charge in [0.25, 0.3) is 0 Å². The summed E-state index contributed by atoms with van der Waals surface area (Å²) < 4.78 is 29.2. The summed E-state index contributed by atoms with van der Waals surface area (Å²) in [5, 5.41) is 3.18. The molecule has 1 aromatic heterocycles. The third-order valence-electron chi connectivity index (χ3n) is 5.60. The minimum Gasteiger partial charge on any atom is -0.325 e. The van der Waals surface area contributed by atoms with E-state index in [1.807, 2.05) is 54.6 Å². The van der Waals surface area contributed by atoms with Gasteiger partial charge in [-0.1, -0.05) is 62.4 Å². The van der Waals surface area contributed by atoms with Crippen LogP contribution in [0.5, 0.6) is 0 Å². The Labute approximate surface area is 156 Å². The van der Waals surface area contributed by atoms with Crippen LogP contribution < -0.4 is 5.35 Å². The lowest BCUT2D eigenvalue weighted by atomic mass is 9.81. The predicted molar refractivity (Wildman–Crippen MR) is 109 cm³/mol. The van der Waals surface area contributed by atoms with Crippen LogP contribution in [0.15, 0.2) is 65.7 Å². The van der Waals surface area contributed by atoms with E-state index in [4.69, 9.17) is 4.99 Å². The molecule has 27 heavy (non-hydrogen) atoms. The first kappa shape index (κ1) is 16.2. The highest BCUT2D eigenvalue weighted by Gasteiger charge is 2.34. The van der Waals surface area contributed by atoms with Gasteiger partial charge in [0.05, 0.1) is 11.4 Å². The number of aromatic nitrogens is 1. The molecule has 0 bridgehead atoms. The maximum Gasteiger partial charge on any atom is 0.678 e. The summed E-state index contributed by atoms with van der Waals surface area (Å²) in [6, 6.07) is 19.3. The van der Waals surface area contributed by atoms with E-state index in [9.17, 15) is 8.63 Å². The molecule has 132 valence electrons. The topological polar surface area (TPSA) is 17.3 Å². The van der Waals surface area contributed by atoms with E-state index in [1.165, 1.54) is 0 Å². The molecular weight excluding hydrogens is 341 g/mol. The van der Waals surface area contributed by atoms with Crippen LogP contribution in [0, 0.1) is 0 Å². The molecule has 5 rings (SSSR count). The average Bonchev–Trinajstić information content (AvgIpc) is 3.10. The van der Waals surface area contributed by atoms with Crippen molar-refractivity contribution in [2.75, 3.05) is 0 Å². The Balaban J connectivity index is 1.87. The lowest BCUT2D eigenvalue weighted by Crippen LogP contribution is -2.30. The highest BCUT2D eigenvalue weighted by Crippen LogP contribution is 2.40. The van der Waals surface area contributed by atoms with E-state index in [2.05, 4.69) is 19.9 Å². The number of halogens is 2. The molecule has 0 aliphatic carbocycles. The van der Waals surface area contributed by atoms with Crippen LogP contribution in [0.3, 0.4) is 0 Å². The van der Waals surface area contributed by atoms with Crippen molar-refractivity contribution in [2.45, 2.75) is 19.3 Å². The second-order valence-electron chi connectivity index (χ2n) is 7.50. The van der Waals surface area contributed by atoms with Crippen molar-refractivity contribution in [2.24, 2.45) is 4.99 Å². The maximum absolute atomic E-state index is 14.1. The molecule has 0 amide bonds. The first-order valence-electron chi connectivity index (χ1n) is 8.98. The second-order valence-corrected chi connectivity index (χ2v) is 7.50. The van der Waals surface area contributed by atoms with Crippen molar-refractivity contribution in [1.29, 1.82) is 0 Å². The second kappa shape index (κ2) is 5.52. The molecule has 0 fully saturated rings. The minimum absolute atomic E-state index is 0.333. The first-order valence-corrected chi connectivity index (χ1v) is 8.98. The van der Waals surface area contributed by atoms with Crippen molar-refractivity contribution in [3.63, 3.8) is 0 Å². The number of fused-ring (bicyclic) bond motifs is 1. The molecule has 5 heteroatoms. The third-order valence-corrected chi connectivity index (χ3v) is 5.60. The van der Waals surface area contributed by atoms with E-state index in [0.717, 1.165) is 37.6 Å². The van der Waals surface area contributed by atoms with Crippen LogP contribution in [-0.4, -0.2) is 17.6 Å². The summed E-state index contributed by atoms with van der Waals surface area (Å²) in [7, 11) is -2.62. The smallest absolute Gasteiger partial charge is 0.325 e. The van der Waals surface area contributed by atoms with E-state index in [0.29, 0.717) is 10.9 Å². The van der Waals surface area contributed by atoms with Gasteiger partial charge in [0.1, 0.15) is 0 Å². The quantitative estimate of drug-likeness (QED) is 0.442. The molecule has 0 N–H and O–H groups in total. The van der Waals surface area contributed by atoms with Crippen LogP contribution in [0.25, 0.3) is 27.8 Å². The van der Waals surface area contributed by atoms with Crippen molar-refractivity contribution in [3.8, 4) is 0 Å². The Morgan fingerprint density at radius 3 is 2.44 bits per heavy atom. The predicted octanol–water partition coefficient (Wildman–Crippen LogP) is 5.13.